The second kappa shape index (κ2) is 8.13. The van der Waals surface area contributed by atoms with Gasteiger partial charge < -0.3 is 19.7 Å². The first kappa shape index (κ1) is 19.0. The summed E-state index contributed by atoms with van der Waals surface area (Å²) in [4.78, 5) is 44.4. The number of aromatic nitrogens is 2. The van der Waals surface area contributed by atoms with Crippen molar-refractivity contribution in [3.8, 4) is 0 Å². The molecule has 8 nitrogen and oxygen atoms in total. The van der Waals surface area contributed by atoms with Crippen LogP contribution in [0.25, 0.3) is 0 Å². The first-order chi connectivity index (χ1) is 11.9. The third-order valence-electron chi connectivity index (χ3n) is 4.62. The minimum Gasteiger partial charge on any atom is -0.352 e. The molecule has 3 amide bonds. The van der Waals surface area contributed by atoms with E-state index < -0.39 is 6.04 Å². The van der Waals surface area contributed by atoms with Crippen molar-refractivity contribution in [1.29, 1.82) is 0 Å². The van der Waals surface area contributed by atoms with Crippen LogP contribution in [0.15, 0.2) is 12.4 Å². The van der Waals surface area contributed by atoms with Crippen LogP contribution in [0.1, 0.15) is 33.0 Å². The van der Waals surface area contributed by atoms with Crippen molar-refractivity contribution < 1.29 is 14.4 Å². The molecular weight excluding hydrogens is 322 g/mol. The average molecular weight is 349 g/mol. The van der Waals surface area contributed by atoms with E-state index in [9.17, 15) is 14.4 Å². The summed E-state index contributed by atoms with van der Waals surface area (Å²) in [6.07, 6.45) is 3.84. The van der Waals surface area contributed by atoms with E-state index in [2.05, 4.69) is 10.3 Å². The number of carbonyl (C=O) groups is 3. The molecule has 1 aliphatic rings. The molecule has 8 heteroatoms. The van der Waals surface area contributed by atoms with Crippen molar-refractivity contribution in [2.45, 2.75) is 52.7 Å². The van der Waals surface area contributed by atoms with Crippen LogP contribution in [0.4, 0.5) is 0 Å². The van der Waals surface area contributed by atoms with Crippen LogP contribution in [0.2, 0.25) is 0 Å². The number of nitrogens with one attached hydrogen (secondary N) is 1. The van der Waals surface area contributed by atoms with Crippen LogP contribution in [0.3, 0.4) is 0 Å². The third kappa shape index (κ3) is 4.37. The Kier molecular flexibility index (Phi) is 6.17. The predicted molar refractivity (Wildman–Crippen MR) is 92.6 cm³/mol. The lowest BCUT2D eigenvalue weighted by Crippen LogP contribution is -2.48. The van der Waals surface area contributed by atoms with Crippen LogP contribution >= 0.6 is 0 Å². The van der Waals surface area contributed by atoms with Gasteiger partial charge in [0.15, 0.2) is 0 Å². The van der Waals surface area contributed by atoms with Crippen LogP contribution in [0, 0.1) is 6.92 Å². The summed E-state index contributed by atoms with van der Waals surface area (Å²) in [5, 5.41) is 2.83. The number of carbonyl (C=O) groups excluding carboxylic acids is 3. The first-order valence-corrected chi connectivity index (χ1v) is 8.70. The minimum absolute atomic E-state index is 0.0615. The molecule has 138 valence electrons. The Morgan fingerprint density at radius 1 is 1.32 bits per heavy atom. The quantitative estimate of drug-likeness (QED) is 0.793. The molecule has 1 saturated heterocycles. The second-order valence-corrected chi connectivity index (χ2v) is 6.31. The number of amides is 3. The van der Waals surface area contributed by atoms with Gasteiger partial charge in [-0.3, -0.25) is 14.4 Å². The number of imidazole rings is 1. The summed E-state index contributed by atoms with van der Waals surface area (Å²) < 4.78 is 1.76. The summed E-state index contributed by atoms with van der Waals surface area (Å²) in [6.45, 7) is 8.80. The fraction of sp³-hybridized carbons (Fsp3) is 0.647. The van der Waals surface area contributed by atoms with Crippen LogP contribution < -0.4 is 5.32 Å². The van der Waals surface area contributed by atoms with Crippen LogP contribution in [-0.2, 0) is 20.9 Å². The van der Waals surface area contributed by atoms with Gasteiger partial charge in [-0.2, -0.15) is 0 Å². The normalized spacial score (nSPS) is 19.8. The highest BCUT2D eigenvalue weighted by molar-refractivity contribution is 5.88. The summed E-state index contributed by atoms with van der Waals surface area (Å²) >= 11 is 0. The van der Waals surface area contributed by atoms with Crippen LogP contribution in [-0.4, -0.2) is 68.8 Å². The molecule has 2 rings (SSSR count). The fourth-order valence-electron chi connectivity index (χ4n) is 3.29. The molecule has 1 aromatic rings. The topological polar surface area (TPSA) is 87.5 Å². The molecule has 0 unspecified atom stereocenters. The Morgan fingerprint density at radius 2 is 2.00 bits per heavy atom. The number of nitrogens with zero attached hydrogens (tertiary/aromatic N) is 4. The van der Waals surface area contributed by atoms with Crippen molar-refractivity contribution >= 4 is 17.7 Å². The zero-order valence-electron chi connectivity index (χ0n) is 15.4. The van der Waals surface area contributed by atoms with Crippen molar-refractivity contribution in [2.75, 3.05) is 19.6 Å². The highest BCUT2D eigenvalue weighted by atomic mass is 16.2. The van der Waals surface area contributed by atoms with Gasteiger partial charge in [-0.05, 0) is 27.2 Å². The van der Waals surface area contributed by atoms with Gasteiger partial charge >= 0.3 is 0 Å². The van der Waals surface area contributed by atoms with Gasteiger partial charge in [0.05, 0.1) is 0 Å². The molecule has 1 N–H and O–H groups in total. The Morgan fingerprint density at radius 3 is 2.52 bits per heavy atom. The van der Waals surface area contributed by atoms with E-state index in [0.717, 1.165) is 5.82 Å². The fourth-order valence-corrected chi connectivity index (χ4v) is 3.29. The molecule has 0 radical (unpaired) electrons. The molecule has 2 atom stereocenters. The molecule has 0 saturated carbocycles. The number of rotatable bonds is 6. The van der Waals surface area contributed by atoms with Gasteiger partial charge in [0.25, 0.3) is 0 Å². The van der Waals surface area contributed by atoms with E-state index in [4.69, 9.17) is 0 Å². The highest BCUT2D eigenvalue weighted by Crippen LogP contribution is 2.21. The Hall–Kier alpha value is -2.38. The highest BCUT2D eigenvalue weighted by Gasteiger charge is 2.41. The van der Waals surface area contributed by atoms with Gasteiger partial charge in [0.2, 0.25) is 17.7 Å². The molecule has 0 spiro atoms. The minimum atomic E-state index is -0.534. The Bertz CT molecular complexity index is 638. The van der Waals surface area contributed by atoms with Crippen LogP contribution in [0.5, 0.6) is 0 Å². The van der Waals surface area contributed by atoms with Crippen molar-refractivity contribution in [2.24, 2.45) is 0 Å². The van der Waals surface area contributed by atoms with E-state index >= 15 is 0 Å². The number of aryl methyl sites for hydroxylation is 1. The molecule has 0 aromatic carbocycles. The smallest absolute Gasteiger partial charge is 0.245 e. The lowest BCUT2D eigenvalue weighted by atomic mass is 10.1. The van der Waals surface area contributed by atoms with Crippen molar-refractivity contribution in [3.63, 3.8) is 0 Å². The molecule has 1 aliphatic heterocycles. The summed E-state index contributed by atoms with van der Waals surface area (Å²) in [7, 11) is 0. The van der Waals surface area contributed by atoms with Gasteiger partial charge in [0, 0.05) is 45.0 Å². The van der Waals surface area contributed by atoms with E-state index in [1.165, 1.54) is 6.92 Å². The van der Waals surface area contributed by atoms with Gasteiger partial charge in [-0.15, -0.1) is 0 Å². The Balaban J connectivity index is 2.17. The van der Waals surface area contributed by atoms with E-state index in [1.807, 2.05) is 20.8 Å². The largest absolute Gasteiger partial charge is 0.352 e. The summed E-state index contributed by atoms with van der Waals surface area (Å²) in [5.41, 5.74) is 0. The molecular formula is C17H27N5O3. The lowest BCUT2D eigenvalue weighted by molar-refractivity contribution is -0.143. The first-order valence-electron chi connectivity index (χ1n) is 8.70. The SMILES string of the molecule is CCN(CC)C(=O)[C@@H]1C[C@@H](NC(C)=O)CN1C(=O)Cn1ccnc1C. The maximum Gasteiger partial charge on any atom is 0.245 e. The number of likely N-dealkylation sites (N-methyl/N-ethyl adjacent to an activating group) is 1. The van der Waals surface area contributed by atoms with E-state index in [0.29, 0.717) is 26.1 Å². The lowest BCUT2D eigenvalue weighted by Gasteiger charge is -2.29. The zero-order valence-corrected chi connectivity index (χ0v) is 15.4. The van der Waals surface area contributed by atoms with Crippen molar-refractivity contribution in [3.05, 3.63) is 18.2 Å². The maximum absolute atomic E-state index is 12.8. The van der Waals surface area contributed by atoms with Crippen molar-refractivity contribution in [1.82, 2.24) is 24.7 Å². The second-order valence-electron chi connectivity index (χ2n) is 6.31. The Labute approximate surface area is 148 Å². The number of likely N-dealkylation sites (tertiary alicyclic amines) is 1. The van der Waals surface area contributed by atoms with E-state index in [-0.39, 0.29) is 30.3 Å². The monoisotopic (exact) mass is 349 g/mol. The molecule has 0 aliphatic carbocycles. The standard InChI is InChI=1S/C17H27N5O3/c1-5-20(6-2)17(25)15-9-14(19-13(4)23)10-22(15)16(24)11-21-8-7-18-12(21)3/h7-8,14-15H,5-6,9-11H2,1-4H3,(H,19,23)/t14-,15+/m1/s1. The average Bonchev–Trinajstić information content (AvgIpc) is 3.14. The molecule has 1 aromatic heterocycles. The van der Waals surface area contributed by atoms with E-state index in [1.54, 1.807) is 26.8 Å². The van der Waals surface area contributed by atoms with Gasteiger partial charge in [-0.25, -0.2) is 4.98 Å². The molecule has 25 heavy (non-hydrogen) atoms. The summed E-state index contributed by atoms with van der Waals surface area (Å²) in [6, 6.07) is -0.733. The van der Waals surface area contributed by atoms with Gasteiger partial charge in [0.1, 0.15) is 18.4 Å². The summed E-state index contributed by atoms with van der Waals surface area (Å²) in [5.74, 6) is 0.393. The predicted octanol–water partition coefficient (Wildman–Crippen LogP) is 0.166. The number of hydrogen-bond donors (Lipinski definition) is 1. The molecule has 2 heterocycles. The third-order valence-corrected chi connectivity index (χ3v) is 4.62. The molecule has 0 bridgehead atoms. The van der Waals surface area contributed by atoms with Gasteiger partial charge in [-0.1, -0.05) is 0 Å². The molecule has 1 fully saturated rings. The number of hydrogen-bond acceptors (Lipinski definition) is 4. The zero-order chi connectivity index (χ0) is 18.6. The maximum atomic E-state index is 12.8.